The maximum Gasteiger partial charge on any atom is 0.220 e. The molecule has 5 heteroatoms. The van der Waals surface area contributed by atoms with Gasteiger partial charge in [0.15, 0.2) is 0 Å². The third-order valence-corrected chi connectivity index (χ3v) is 4.32. The highest BCUT2D eigenvalue weighted by Gasteiger charge is 2.08. The number of thiophene rings is 1. The van der Waals surface area contributed by atoms with E-state index in [9.17, 15) is 9.90 Å². The molecular formula is C16H21NO3S. The van der Waals surface area contributed by atoms with Crippen molar-refractivity contribution in [2.24, 2.45) is 0 Å². The highest BCUT2D eigenvalue weighted by Crippen LogP contribution is 2.26. The molecule has 1 unspecified atom stereocenters. The SMILES string of the molecule is COCC(O)CNC(=O)CCCc1csc2ccccc12. The highest BCUT2D eigenvalue weighted by molar-refractivity contribution is 7.17. The van der Waals surface area contributed by atoms with Crippen LogP contribution < -0.4 is 5.32 Å². The zero-order valence-electron chi connectivity index (χ0n) is 12.2. The minimum Gasteiger partial charge on any atom is -0.389 e. The zero-order chi connectivity index (χ0) is 15.1. The van der Waals surface area contributed by atoms with E-state index in [1.807, 2.05) is 12.1 Å². The Morgan fingerprint density at radius 2 is 2.24 bits per heavy atom. The number of methoxy groups -OCH3 is 1. The molecule has 0 saturated heterocycles. The van der Waals surface area contributed by atoms with E-state index in [1.54, 1.807) is 11.3 Å². The van der Waals surface area contributed by atoms with E-state index >= 15 is 0 Å². The van der Waals surface area contributed by atoms with Gasteiger partial charge in [-0.25, -0.2) is 0 Å². The van der Waals surface area contributed by atoms with E-state index < -0.39 is 6.10 Å². The molecule has 4 nitrogen and oxygen atoms in total. The number of carbonyl (C=O) groups is 1. The predicted molar refractivity (Wildman–Crippen MR) is 85.7 cm³/mol. The summed E-state index contributed by atoms with van der Waals surface area (Å²) in [5.74, 6) is -0.0234. The van der Waals surface area contributed by atoms with Gasteiger partial charge in [-0.05, 0) is 35.2 Å². The molecule has 1 heterocycles. The Bertz CT molecular complexity index is 582. The van der Waals surface area contributed by atoms with Crippen molar-refractivity contribution < 1.29 is 14.6 Å². The van der Waals surface area contributed by atoms with Crippen molar-refractivity contribution in [2.75, 3.05) is 20.3 Å². The first-order valence-corrected chi connectivity index (χ1v) is 7.97. The number of nitrogens with one attached hydrogen (secondary N) is 1. The fourth-order valence-corrected chi connectivity index (χ4v) is 3.23. The smallest absolute Gasteiger partial charge is 0.220 e. The quantitative estimate of drug-likeness (QED) is 0.787. The molecule has 2 N–H and O–H groups in total. The van der Waals surface area contributed by atoms with E-state index in [2.05, 4.69) is 22.8 Å². The molecule has 1 amide bonds. The van der Waals surface area contributed by atoms with Crippen LogP contribution in [0.15, 0.2) is 29.6 Å². The first-order chi connectivity index (χ1) is 10.2. The van der Waals surface area contributed by atoms with Crippen LogP contribution in [0.3, 0.4) is 0 Å². The molecular weight excluding hydrogens is 286 g/mol. The Hall–Kier alpha value is -1.43. The Morgan fingerprint density at radius 1 is 1.43 bits per heavy atom. The molecule has 0 aliphatic carbocycles. The van der Waals surface area contributed by atoms with Crippen LogP contribution in [0.1, 0.15) is 18.4 Å². The van der Waals surface area contributed by atoms with Gasteiger partial charge in [-0.3, -0.25) is 4.79 Å². The van der Waals surface area contributed by atoms with E-state index in [0.717, 1.165) is 12.8 Å². The summed E-state index contributed by atoms with van der Waals surface area (Å²) < 4.78 is 6.10. The van der Waals surface area contributed by atoms with Gasteiger partial charge in [-0.15, -0.1) is 11.3 Å². The van der Waals surface area contributed by atoms with Gasteiger partial charge >= 0.3 is 0 Å². The van der Waals surface area contributed by atoms with Crippen molar-refractivity contribution in [3.8, 4) is 0 Å². The second kappa shape index (κ2) is 8.12. The van der Waals surface area contributed by atoms with E-state index in [1.165, 1.54) is 22.8 Å². The van der Waals surface area contributed by atoms with Gasteiger partial charge in [0.25, 0.3) is 0 Å². The van der Waals surface area contributed by atoms with Gasteiger partial charge in [0, 0.05) is 24.8 Å². The molecule has 0 saturated carbocycles. The highest BCUT2D eigenvalue weighted by atomic mass is 32.1. The fourth-order valence-electron chi connectivity index (χ4n) is 2.24. The van der Waals surface area contributed by atoms with Gasteiger partial charge in [-0.1, -0.05) is 18.2 Å². The Labute approximate surface area is 128 Å². The van der Waals surface area contributed by atoms with Crippen molar-refractivity contribution in [1.82, 2.24) is 5.32 Å². The maximum atomic E-state index is 11.7. The van der Waals surface area contributed by atoms with Crippen LogP contribution >= 0.6 is 11.3 Å². The zero-order valence-corrected chi connectivity index (χ0v) is 13.0. The number of aliphatic hydroxyl groups excluding tert-OH is 1. The second-order valence-corrected chi connectivity index (χ2v) is 5.94. The number of fused-ring (bicyclic) bond motifs is 1. The summed E-state index contributed by atoms with van der Waals surface area (Å²) >= 11 is 1.74. The summed E-state index contributed by atoms with van der Waals surface area (Å²) in [6, 6.07) is 8.33. The molecule has 0 spiro atoms. The number of benzene rings is 1. The normalized spacial score (nSPS) is 12.5. The molecule has 0 aliphatic heterocycles. The number of aliphatic hydroxyl groups is 1. The summed E-state index contributed by atoms with van der Waals surface area (Å²) in [5.41, 5.74) is 1.31. The molecule has 1 aromatic carbocycles. The van der Waals surface area contributed by atoms with E-state index in [4.69, 9.17) is 4.74 Å². The van der Waals surface area contributed by atoms with Crippen LogP contribution in [0.25, 0.3) is 10.1 Å². The van der Waals surface area contributed by atoms with E-state index in [-0.39, 0.29) is 19.1 Å². The van der Waals surface area contributed by atoms with Crippen LogP contribution in [0.5, 0.6) is 0 Å². The fraction of sp³-hybridized carbons (Fsp3) is 0.438. The summed E-state index contributed by atoms with van der Waals surface area (Å²) in [6.07, 6.45) is 1.55. The Balaban J connectivity index is 1.73. The number of hydrogen-bond acceptors (Lipinski definition) is 4. The first-order valence-electron chi connectivity index (χ1n) is 7.09. The van der Waals surface area contributed by atoms with Gasteiger partial charge in [-0.2, -0.15) is 0 Å². The molecule has 1 atom stereocenters. The van der Waals surface area contributed by atoms with Crippen LogP contribution in [-0.2, 0) is 16.0 Å². The summed E-state index contributed by atoms with van der Waals surface area (Å²) in [7, 11) is 1.52. The summed E-state index contributed by atoms with van der Waals surface area (Å²) in [4.78, 5) is 11.7. The lowest BCUT2D eigenvalue weighted by Gasteiger charge is -2.10. The summed E-state index contributed by atoms with van der Waals surface area (Å²) in [5, 5.41) is 15.6. The maximum absolute atomic E-state index is 11.7. The number of rotatable bonds is 8. The van der Waals surface area contributed by atoms with Crippen LogP contribution in [0.4, 0.5) is 0 Å². The minimum atomic E-state index is -0.639. The number of aryl methyl sites for hydroxylation is 1. The second-order valence-electron chi connectivity index (χ2n) is 5.02. The molecule has 1 aromatic heterocycles. The van der Waals surface area contributed by atoms with Crippen LogP contribution in [0.2, 0.25) is 0 Å². The predicted octanol–water partition coefficient (Wildman–Crippen LogP) is 2.35. The topological polar surface area (TPSA) is 58.6 Å². The average Bonchev–Trinajstić information content (AvgIpc) is 2.89. The summed E-state index contributed by atoms with van der Waals surface area (Å²) in [6.45, 7) is 0.481. The third-order valence-electron chi connectivity index (χ3n) is 3.31. The average molecular weight is 307 g/mol. The molecule has 2 aromatic rings. The molecule has 0 aliphatic rings. The van der Waals surface area contributed by atoms with Gasteiger partial charge in [0.2, 0.25) is 5.91 Å². The number of ether oxygens (including phenoxy) is 1. The molecule has 114 valence electrons. The largest absolute Gasteiger partial charge is 0.389 e. The van der Waals surface area contributed by atoms with Crippen molar-refractivity contribution >= 4 is 27.3 Å². The van der Waals surface area contributed by atoms with Crippen molar-refractivity contribution in [1.29, 1.82) is 0 Å². The van der Waals surface area contributed by atoms with Gasteiger partial charge in [0.1, 0.15) is 0 Å². The number of amides is 1. The van der Waals surface area contributed by atoms with Gasteiger partial charge in [0.05, 0.1) is 12.7 Å². The monoisotopic (exact) mass is 307 g/mol. The van der Waals surface area contributed by atoms with E-state index in [0.29, 0.717) is 6.42 Å². The van der Waals surface area contributed by atoms with Crippen molar-refractivity contribution in [3.05, 3.63) is 35.2 Å². The molecule has 0 radical (unpaired) electrons. The molecule has 21 heavy (non-hydrogen) atoms. The minimum absolute atomic E-state index is 0.0234. The Morgan fingerprint density at radius 3 is 3.05 bits per heavy atom. The van der Waals surface area contributed by atoms with Crippen LogP contribution in [-0.4, -0.2) is 37.4 Å². The molecule has 2 rings (SSSR count). The Kier molecular flexibility index (Phi) is 6.17. The standard InChI is InChI=1S/C16H21NO3S/c1-20-10-13(18)9-17-16(19)8-4-5-12-11-21-15-7-3-2-6-14(12)15/h2-3,6-7,11,13,18H,4-5,8-10H2,1H3,(H,17,19). The van der Waals surface area contributed by atoms with Gasteiger partial charge < -0.3 is 15.2 Å². The molecule has 0 bridgehead atoms. The third kappa shape index (κ3) is 4.81. The lowest BCUT2D eigenvalue weighted by molar-refractivity contribution is -0.121. The molecule has 0 fully saturated rings. The first kappa shape index (κ1) is 15.9. The lowest BCUT2D eigenvalue weighted by Crippen LogP contribution is -2.34. The number of hydrogen-bond donors (Lipinski definition) is 2. The van der Waals surface area contributed by atoms with Crippen molar-refractivity contribution in [2.45, 2.75) is 25.4 Å². The van der Waals surface area contributed by atoms with Crippen LogP contribution in [0, 0.1) is 0 Å². The van der Waals surface area contributed by atoms with Crippen molar-refractivity contribution in [3.63, 3.8) is 0 Å². The lowest BCUT2D eigenvalue weighted by atomic mass is 10.1. The number of carbonyl (C=O) groups excluding carboxylic acids is 1.